The van der Waals surface area contributed by atoms with Crippen molar-refractivity contribution in [1.29, 1.82) is 0 Å². The fourth-order valence-electron chi connectivity index (χ4n) is 3.43. The third kappa shape index (κ3) is 2.54. The molecule has 1 aromatic carbocycles. The Kier molecular flexibility index (Phi) is 3.55. The van der Waals surface area contributed by atoms with Crippen LogP contribution in [0.2, 0.25) is 0 Å². The monoisotopic (exact) mass is 244 g/mol. The predicted octanol–water partition coefficient (Wildman–Crippen LogP) is 2.83. The van der Waals surface area contributed by atoms with Gasteiger partial charge in [-0.25, -0.2) is 0 Å². The highest BCUT2D eigenvalue weighted by Crippen LogP contribution is 2.29. The van der Waals surface area contributed by atoms with E-state index in [2.05, 4.69) is 41.4 Å². The van der Waals surface area contributed by atoms with Crippen LogP contribution in [0, 0.1) is 5.92 Å². The minimum absolute atomic E-state index is 0.692. The zero-order chi connectivity index (χ0) is 12.4. The molecule has 3 rings (SSSR count). The molecule has 2 nitrogen and oxygen atoms in total. The fraction of sp³-hybridized carbons (Fsp3) is 0.625. The lowest BCUT2D eigenvalue weighted by Crippen LogP contribution is -2.46. The van der Waals surface area contributed by atoms with E-state index in [9.17, 15) is 0 Å². The first-order valence-corrected chi connectivity index (χ1v) is 7.39. The zero-order valence-corrected chi connectivity index (χ0v) is 11.4. The lowest BCUT2D eigenvalue weighted by atomic mass is 9.93. The van der Waals surface area contributed by atoms with E-state index in [4.69, 9.17) is 0 Å². The van der Waals surface area contributed by atoms with Gasteiger partial charge < -0.3 is 10.2 Å². The molecule has 0 bridgehead atoms. The van der Waals surface area contributed by atoms with Crippen molar-refractivity contribution in [2.75, 3.05) is 24.5 Å². The van der Waals surface area contributed by atoms with E-state index >= 15 is 0 Å². The van der Waals surface area contributed by atoms with Crippen molar-refractivity contribution in [2.24, 2.45) is 5.92 Å². The van der Waals surface area contributed by atoms with Crippen molar-refractivity contribution in [3.8, 4) is 0 Å². The van der Waals surface area contributed by atoms with Gasteiger partial charge in [-0.3, -0.25) is 0 Å². The van der Waals surface area contributed by atoms with Gasteiger partial charge in [0, 0.05) is 24.8 Å². The summed E-state index contributed by atoms with van der Waals surface area (Å²) >= 11 is 0. The number of nitrogens with zero attached hydrogens (tertiary/aromatic N) is 1. The maximum Gasteiger partial charge on any atom is 0.0399 e. The van der Waals surface area contributed by atoms with E-state index in [-0.39, 0.29) is 0 Å². The van der Waals surface area contributed by atoms with Gasteiger partial charge in [-0.05, 0) is 43.4 Å². The van der Waals surface area contributed by atoms with Crippen LogP contribution in [-0.2, 0) is 6.42 Å². The first kappa shape index (κ1) is 12.0. The number of piperidine rings is 1. The molecule has 0 aromatic heterocycles. The van der Waals surface area contributed by atoms with Gasteiger partial charge in [-0.15, -0.1) is 0 Å². The van der Waals surface area contributed by atoms with Crippen LogP contribution < -0.4 is 10.2 Å². The average Bonchev–Trinajstić information content (AvgIpc) is 2.40. The second-order valence-corrected chi connectivity index (χ2v) is 5.99. The molecular weight excluding hydrogens is 220 g/mol. The minimum Gasteiger partial charge on any atom is -0.369 e. The maximum absolute atomic E-state index is 3.67. The van der Waals surface area contributed by atoms with Gasteiger partial charge in [0.05, 0.1) is 0 Å². The van der Waals surface area contributed by atoms with Crippen molar-refractivity contribution in [2.45, 2.75) is 38.6 Å². The smallest absolute Gasteiger partial charge is 0.0399 e. The van der Waals surface area contributed by atoms with Crippen molar-refractivity contribution in [3.05, 3.63) is 29.8 Å². The molecule has 1 saturated heterocycles. The van der Waals surface area contributed by atoms with E-state index in [0.29, 0.717) is 6.04 Å². The molecule has 0 saturated carbocycles. The number of rotatable bonds is 2. The summed E-state index contributed by atoms with van der Waals surface area (Å²) in [4.78, 5) is 2.60. The number of benzene rings is 1. The second kappa shape index (κ2) is 5.31. The fourth-order valence-corrected chi connectivity index (χ4v) is 3.43. The second-order valence-electron chi connectivity index (χ2n) is 5.99. The molecule has 98 valence electrons. The molecule has 1 N–H and O–H groups in total. The van der Waals surface area contributed by atoms with Gasteiger partial charge in [0.2, 0.25) is 0 Å². The summed E-state index contributed by atoms with van der Waals surface area (Å²) < 4.78 is 0. The van der Waals surface area contributed by atoms with E-state index in [1.165, 1.54) is 56.6 Å². The summed E-state index contributed by atoms with van der Waals surface area (Å²) in [7, 11) is 0. The van der Waals surface area contributed by atoms with Gasteiger partial charge in [0.25, 0.3) is 0 Å². The number of hydrogen-bond donors (Lipinski definition) is 1. The maximum atomic E-state index is 3.67. The Morgan fingerprint density at radius 3 is 3.00 bits per heavy atom. The van der Waals surface area contributed by atoms with Crippen molar-refractivity contribution < 1.29 is 0 Å². The molecule has 2 heterocycles. The average molecular weight is 244 g/mol. The van der Waals surface area contributed by atoms with Crippen LogP contribution in [0.4, 0.5) is 5.69 Å². The standard InChI is InChI=1S/C16H24N2/c1-13-10-14-6-2-3-8-16(14)18(11-13)12-15-7-4-5-9-17-15/h2-3,6,8,13,15,17H,4-5,7,9-12H2,1H3. The summed E-state index contributed by atoms with van der Waals surface area (Å²) in [6.07, 6.45) is 5.32. The van der Waals surface area contributed by atoms with Crippen LogP contribution in [0.25, 0.3) is 0 Å². The van der Waals surface area contributed by atoms with E-state index in [1.807, 2.05) is 0 Å². The third-order valence-corrected chi connectivity index (χ3v) is 4.29. The molecule has 0 radical (unpaired) electrons. The molecule has 18 heavy (non-hydrogen) atoms. The molecule has 0 aliphatic carbocycles. The van der Waals surface area contributed by atoms with E-state index in [1.54, 1.807) is 0 Å². The van der Waals surface area contributed by atoms with E-state index < -0.39 is 0 Å². The van der Waals surface area contributed by atoms with Crippen LogP contribution in [0.5, 0.6) is 0 Å². The summed E-state index contributed by atoms with van der Waals surface area (Å²) in [5, 5.41) is 3.67. The Labute approximate surface area is 110 Å². The molecule has 0 amide bonds. The predicted molar refractivity (Wildman–Crippen MR) is 77.2 cm³/mol. The molecule has 2 unspecified atom stereocenters. The first-order valence-electron chi connectivity index (χ1n) is 7.39. The Morgan fingerprint density at radius 2 is 2.17 bits per heavy atom. The van der Waals surface area contributed by atoms with Crippen LogP contribution in [0.15, 0.2) is 24.3 Å². The lowest BCUT2D eigenvalue weighted by Gasteiger charge is -2.38. The van der Waals surface area contributed by atoms with Crippen LogP contribution in [0.3, 0.4) is 0 Å². The summed E-state index contributed by atoms with van der Waals surface area (Å²) in [5.74, 6) is 0.781. The van der Waals surface area contributed by atoms with Gasteiger partial charge in [-0.1, -0.05) is 31.5 Å². The van der Waals surface area contributed by atoms with E-state index in [0.717, 1.165) is 5.92 Å². The van der Waals surface area contributed by atoms with Crippen molar-refractivity contribution in [1.82, 2.24) is 5.32 Å². The number of nitrogens with one attached hydrogen (secondary N) is 1. The molecule has 2 heteroatoms. The molecule has 2 aliphatic heterocycles. The quantitative estimate of drug-likeness (QED) is 0.860. The zero-order valence-electron chi connectivity index (χ0n) is 11.4. The highest BCUT2D eigenvalue weighted by atomic mass is 15.2. The summed E-state index contributed by atoms with van der Waals surface area (Å²) in [6.45, 7) is 5.98. The van der Waals surface area contributed by atoms with Gasteiger partial charge >= 0.3 is 0 Å². The molecular formula is C16H24N2. The molecule has 0 spiro atoms. The third-order valence-electron chi connectivity index (χ3n) is 4.29. The highest BCUT2D eigenvalue weighted by molar-refractivity contribution is 5.55. The largest absolute Gasteiger partial charge is 0.369 e. The van der Waals surface area contributed by atoms with Crippen molar-refractivity contribution >= 4 is 5.69 Å². The Balaban J connectivity index is 1.75. The minimum atomic E-state index is 0.692. The topological polar surface area (TPSA) is 15.3 Å². The normalized spacial score (nSPS) is 27.9. The summed E-state index contributed by atoms with van der Waals surface area (Å²) in [5.41, 5.74) is 3.01. The Morgan fingerprint density at radius 1 is 1.28 bits per heavy atom. The summed E-state index contributed by atoms with van der Waals surface area (Å²) in [6, 6.07) is 9.64. The van der Waals surface area contributed by atoms with Gasteiger partial charge in [0.15, 0.2) is 0 Å². The highest BCUT2D eigenvalue weighted by Gasteiger charge is 2.24. The molecule has 1 fully saturated rings. The van der Waals surface area contributed by atoms with Crippen LogP contribution >= 0.6 is 0 Å². The lowest BCUT2D eigenvalue weighted by molar-refractivity contribution is 0.388. The van der Waals surface area contributed by atoms with Gasteiger partial charge in [-0.2, -0.15) is 0 Å². The van der Waals surface area contributed by atoms with Crippen LogP contribution in [0.1, 0.15) is 31.7 Å². The Hall–Kier alpha value is -1.02. The number of fused-ring (bicyclic) bond motifs is 1. The number of para-hydroxylation sites is 1. The first-order chi connectivity index (χ1) is 8.83. The Bertz CT molecular complexity index is 396. The number of anilines is 1. The number of hydrogen-bond acceptors (Lipinski definition) is 2. The molecule has 2 atom stereocenters. The van der Waals surface area contributed by atoms with Crippen LogP contribution in [-0.4, -0.2) is 25.7 Å². The van der Waals surface area contributed by atoms with Crippen molar-refractivity contribution in [3.63, 3.8) is 0 Å². The molecule has 1 aromatic rings. The SMILES string of the molecule is CC1Cc2ccccc2N(CC2CCCCN2)C1. The van der Waals surface area contributed by atoms with Gasteiger partial charge in [0.1, 0.15) is 0 Å². The molecule has 2 aliphatic rings.